The third kappa shape index (κ3) is 3.07. The fourth-order valence-corrected chi connectivity index (χ4v) is 3.07. The predicted octanol–water partition coefficient (Wildman–Crippen LogP) is 2.72. The first-order valence-electron chi connectivity index (χ1n) is 6.86. The van der Waals surface area contributed by atoms with E-state index in [1.54, 1.807) is 0 Å². The van der Waals surface area contributed by atoms with Gasteiger partial charge in [-0.15, -0.1) is 0 Å². The lowest BCUT2D eigenvalue weighted by molar-refractivity contribution is -0.126. The molecule has 2 aliphatic rings. The highest BCUT2D eigenvalue weighted by molar-refractivity contribution is 5.81. The van der Waals surface area contributed by atoms with E-state index in [2.05, 4.69) is 18.9 Å². The van der Waals surface area contributed by atoms with Gasteiger partial charge < -0.3 is 4.90 Å². The average molecular weight is 223 g/mol. The minimum Gasteiger partial charge on any atom is -0.305 e. The number of Topliss-reactive ketones (excluding diaryl/α,β-unsaturated/α-hetero) is 1. The monoisotopic (exact) mass is 223 g/mol. The lowest BCUT2D eigenvalue weighted by Gasteiger charge is -2.33. The van der Waals surface area contributed by atoms with Gasteiger partial charge in [0, 0.05) is 25.4 Å². The third-order valence-corrected chi connectivity index (χ3v) is 4.35. The molecule has 0 aromatic heterocycles. The summed E-state index contributed by atoms with van der Waals surface area (Å²) in [5.74, 6) is 2.51. The Morgan fingerprint density at radius 3 is 2.62 bits per heavy atom. The summed E-state index contributed by atoms with van der Waals surface area (Å²) in [6.07, 6.45) is 7.27. The summed E-state index contributed by atoms with van der Waals surface area (Å²) in [6.45, 7) is 4.49. The van der Waals surface area contributed by atoms with Gasteiger partial charge >= 0.3 is 0 Å². The van der Waals surface area contributed by atoms with E-state index in [1.807, 2.05) is 0 Å². The van der Waals surface area contributed by atoms with E-state index in [-0.39, 0.29) is 0 Å². The van der Waals surface area contributed by atoms with Crippen molar-refractivity contribution in [1.82, 2.24) is 4.90 Å². The van der Waals surface area contributed by atoms with Gasteiger partial charge in [-0.1, -0.05) is 13.3 Å². The molecule has 2 heteroatoms. The molecule has 0 aromatic carbocycles. The Morgan fingerprint density at radius 1 is 1.25 bits per heavy atom. The van der Waals surface area contributed by atoms with E-state index in [0.29, 0.717) is 11.7 Å². The molecule has 16 heavy (non-hydrogen) atoms. The largest absolute Gasteiger partial charge is 0.305 e. The van der Waals surface area contributed by atoms with E-state index >= 15 is 0 Å². The van der Waals surface area contributed by atoms with Crippen LogP contribution in [0.25, 0.3) is 0 Å². The second-order valence-corrected chi connectivity index (χ2v) is 6.06. The highest BCUT2D eigenvalue weighted by atomic mass is 16.1. The smallest absolute Gasteiger partial charge is 0.137 e. The van der Waals surface area contributed by atoms with Gasteiger partial charge in [-0.25, -0.2) is 0 Å². The van der Waals surface area contributed by atoms with Crippen LogP contribution in [0.2, 0.25) is 0 Å². The SMILES string of the molecule is CC1CCC(=O)C(CN(C)CC2CCC2)C1. The maximum absolute atomic E-state index is 11.8. The van der Waals surface area contributed by atoms with Crippen LogP contribution in [0.5, 0.6) is 0 Å². The second kappa shape index (κ2) is 5.31. The first-order chi connectivity index (χ1) is 7.65. The van der Waals surface area contributed by atoms with Crippen molar-refractivity contribution in [2.45, 2.75) is 45.4 Å². The fraction of sp³-hybridized carbons (Fsp3) is 0.929. The van der Waals surface area contributed by atoms with Gasteiger partial charge in [0.25, 0.3) is 0 Å². The Balaban J connectivity index is 1.75. The van der Waals surface area contributed by atoms with Gasteiger partial charge in [0.1, 0.15) is 5.78 Å². The molecule has 0 heterocycles. The van der Waals surface area contributed by atoms with Crippen molar-refractivity contribution in [3.8, 4) is 0 Å². The van der Waals surface area contributed by atoms with Crippen LogP contribution in [0.3, 0.4) is 0 Å². The zero-order chi connectivity index (χ0) is 11.5. The maximum atomic E-state index is 11.8. The Kier molecular flexibility index (Phi) is 4.01. The number of hydrogen-bond donors (Lipinski definition) is 0. The summed E-state index contributed by atoms with van der Waals surface area (Å²) < 4.78 is 0. The van der Waals surface area contributed by atoms with Crippen LogP contribution in [0.1, 0.15) is 45.4 Å². The molecule has 0 aromatic rings. The summed E-state index contributed by atoms with van der Waals surface area (Å²) in [7, 11) is 2.19. The zero-order valence-electron chi connectivity index (χ0n) is 10.7. The Morgan fingerprint density at radius 2 is 2.00 bits per heavy atom. The Bertz CT molecular complexity index is 247. The van der Waals surface area contributed by atoms with Gasteiger partial charge in [-0.2, -0.15) is 0 Å². The van der Waals surface area contributed by atoms with Crippen molar-refractivity contribution in [2.75, 3.05) is 20.1 Å². The molecular weight excluding hydrogens is 198 g/mol. The Labute approximate surface area is 99.4 Å². The van der Waals surface area contributed by atoms with E-state index in [9.17, 15) is 4.79 Å². The number of ketones is 1. The standard InChI is InChI=1S/C14H25NO/c1-11-6-7-14(16)13(8-11)10-15(2)9-12-4-3-5-12/h11-13H,3-10H2,1-2H3. The molecule has 2 saturated carbocycles. The quantitative estimate of drug-likeness (QED) is 0.730. The van der Waals surface area contributed by atoms with Crippen molar-refractivity contribution < 1.29 is 4.79 Å². The van der Waals surface area contributed by atoms with Crippen LogP contribution in [-0.4, -0.2) is 30.8 Å². The molecule has 92 valence electrons. The van der Waals surface area contributed by atoms with E-state index in [0.717, 1.165) is 37.6 Å². The van der Waals surface area contributed by atoms with Crippen LogP contribution >= 0.6 is 0 Å². The summed E-state index contributed by atoms with van der Waals surface area (Å²) in [6, 6.07) is 0. The van der Waals surface area contributed by atoms with Crippen LogP contribution in [0.4, 0.5) is 0 Å². The first-order valence-corrected chi connectivity index (χ1v) is 6.86. The number of carbonyl (C=O) groups excluding carboxylic acids is 1. The van der Waals surface area contributed by atoms with Crippen LogP contribution < -0.4 is 0 Å². The Hall–Kier alpha value is -0.370. The van der Waals surface area contributed by atoms with Gasteiger partial charge in [0.15, 0.2) is 0 Å². The van der Waals surface area contributed by atoms with Crippen molar-refractivity contribution in [1.29, 1.82) is 0 Å². The normalized spacial score (nSPS) is 31.8. The number of carbonyl (C=O) groups is 1. The fourth-order valence-electron chi connectivity index (χ4n) is 3.07. The second-order valence-electron chi connectivity index (χ2n) is 6.06. The summed E-state index contributed by atoms with van der Waals surface area (Å²) in [5, 5.41) is 0. The highest BCUT2D eigenvalue weighted by Crippen LogP contribution is 2.29. The molecule has 0 aliphatic heterocycles. The molecule has 2 unspecified atom stereocenters. The van der Waals surface area contributed by atoms with Crippen molar-refractivity contribution >= 4 is 5.78 Å². The third-order valence-electron chi connectivity index (χ3n) is 4.35. The molecule has 2 atom stereocenters. The minimum absolute atomic E-state index is 0.328. The van der Waals surface area contributed by atoms with Crippen LogP contribution in [0, 0.1) is 17.8 Å². The minimum atomic E-state index is 0.328. The van der Waals surface area contributed by atoms with Crippen molar-refractivity contribution in [2.24, 2.45) is 17.8 Å². The van der Waals surface area contributed by atoms with Crippen LogP contribution in [-0.2, 0) is 4.79 Å². The summed E-state index contributed by atoms with van der Waals surface area (Å²) in [4.78, 5) is 14.2. The van der Waals surface area contributed by atoms with Gasteiger partial charge in [-0.3, -0.25) is 4.79 Å². The maximum Gasteiger partial charge on any atom is 0.137 e. The molecule has 0 N–H and O–H groups in total. The molecule has 0 amide bonds. The van der Waals surface area contributed by atoms with E-state index in [4.69, 9.17) is 0 Å². The first kappa shape index (κ1) is 12.1. The van der Waals surface area contributed by atoms with Crippen molar-refractivity contribution in [3.05, 3.63) is 0 Å². The molecule has 0 saturated heterocycles. The van der Waals surface area contributed by atoms with Crippen molar-refractivity contribution in [3.63, 3.8) is 0 Å². The topological polar surface area (TPSA) is 20.3 Å². The zero-order valence-corrected chi connectivity index (χ0v) is 10.7. The van der Waals surface area contributed by atoms with Gasteiger partial charge in [-0.05, 0) is 44.6 Å². The van der Waals surface area contributed by atoms with E-state index < -0.39 is 0 Å². The highest BCUT2D eigenvalue weighted by Gasteiger charge is 2.28. The van der Waals surface area contributed by atoms with E-state index in [1.165, 1.54) is 25.8 Å². The molecular formula is C14H25NO. The molecule has 2 rings (SSSR count). The number of hydrogen-bond acceptors (Lipinski definition) is 2. The molecule has 0 bridgehead atoms. The number of nitrogens with zero attached hydrogens (tertiary/aromatic N) is 1. The summed E-state index contributed by atoms with van der Waals surface area (Å²) >= 11 is 0. The van der Waals surface area contributed by atoms with Crippen LogP contribution in [0.15, 0.2) is 0 Å². The molecule has 0 radical (unpaired) electrons. The molecule has 2 fully saturated rings. The predicted molar refractivity (Wildman–Crippen MR) is 66.4 cm³/mol. The summed E-state index contributed by atoms with van der Waals surface area (Å²) in [5.41, 5.74) is 0. The molecule has 2 aliphatic carbocycles. The lowest BCUT2D eigenvalue weighted by Crippen LogP contribution is -2.37. The van der Waals surface area contributed by atoms with Gasteiger partial charge in [0.05, 0.1) is 0 Å². The van der Waals surface area contributed by atoms with Gasteiger partial charge in [0.2, 0.25) is 0 Å². The lowest BCUT2D eigenvalue weighted by atomic mass is 9.80. The number of rotatable bonds is 4. The average Bonchev–Trinajstić information content (AvgIpc) is 2.18. The molecule has 2 nitrogen and oxygen atoms in total. The molecule has 0 spiro atoms.